The molecule has 21 heavy (non-hydrogen) atoms. The van der Waals surface area contributed by atoms with E-state index < -0.39 is 0 Å². The molecule has 0 radical (unpaired) electrons. The van der Waals surface area contributed by atoms with Crippen molar-refractivity contribution in [3.8, 4) is 5.75 Å². The molecule has 0 aliphatic heterocycles. The molecule has 112 valence electrons. The van der Waals surface area contributed by atoms with Gasteiger partial charge in [-0.25, -0.2) is 9.97 Å². The normalized spacial score (nSPS) is 14.8. The Bertz CT molecular complexity index is 616. The van der Waals surface area contributed by atoms with Crippen molar-refractivity contribution in [2.75, 3.05) is 32.0 Å². The van der Waals surface area contributed by atoms with Crippen LogP contribution in [-0.2, 0) is 0 Å². The number of aliphatic hydroxyl groups excluding tert-OH is 1. The third kappa shape index (κ3) is 3.40. The number of hydrogen-bond donors (Lipinski definition) is 2. The van der Waals surface area contributed by atoms with Gasteiger partial charge in [-0.2, -0.15) is 0 Å². The summed E-state index contributed by atoms with van der Waals surface area (Å²) in [4.78, 5) is 10.4. The van der Waals surface area contributed by atoms with E-state index in [2.05, 4.69) is 14.9 Å². The van der Waals surface area contributed by atoms with Gasteiger partial charge in [0, 0.05) is 30.6 Å². The quantitative estimate of drug-likeness (QED) is 0.792. The fourth-order valence-electron chi connectivity index (χ4n) is 2.47. The maximum absolute atomic E-state index is 9.07. The molecule has 0 unspecified atom stereocenters. The molecule has 1 aromatic carbocycles. The van der Waals surface area contributed by atoms with Gasteiger partial charge in [-0.05, 0) is 25.0 Å². The van der Waals surface area contributed by atoms with Crippen LogP contribution in [0.3, 0.4) is 0 Å². The van der Waals surface area contributed by atoms with Crippen LogP contribution in [-0.4, -0.2) is 52.3 Å². The summed E-state index contributed by atoms with van der Waals surface area (Å²) >= 11 is 0. The molecule has 3 rings (SSSR count). The number of nitrogen functional groups attached to an aromatic ring is 1. The smallest absolute Gasteiger partial charge is 0.134 e. The van der Waals surface area contributed by atoms with E-state index in [0.717, 1.165) is 29.7 Å². The van der Waals surface area contributed by atoms with Crippen LogP contribution in [0.15, 0.2) is 24.5 Å². The maximum atomic E-state index is 9.07. The molecule has 0 spiro atoms. The summed E-state index contributed by atoms with van der Waals surface area (Å²) in [5.74, 6) is 1.26. The minimum Gasteiger partial charge on any atom is -0.492 e. The van der Waals surface area contributed by atoms with E-state index in [-0.39, 0.29) is 6.61 Å². The number of anilines is 1. The molecular weight excluding hydrogens is 268 g/mol. The van der Waals surface area contributed by atoms with Gasteiger partial charge in [-0.15, -0.1) is 0 Å². The number of aromatic nitrogens is 2. The summed E-state index contributed by atoms with van der Waals surface area (Å²) in [5, 5.41) is 9.90. The lowest BCUT2D eigenvalue weighted by atomic mass is 10.2. The Morgan fingerprint density at radius 3 is 2.90 bits per heavy atom. The van der Waals surface area contributed by atoms with Crippen molar-refractivity contribution in [2.45, 2.75) is 18.9 Å². The topological polar surface area (TPSA) is 84.5 Å². The van der Waals surface area contributed by atoms with Gasteiger partial charge < -0.3 is 15.6 Å². The highest BCUT2D eigenvalue weighted by molar-refractivity contribution is 5.88. The molecule has 6 heteroatoms. The van der Waals surface area contributed by atoms with Crippen LogP contribution in [0.5, 0.6) is 5.75 Å². The molecule has 1 aromatic heterocycles. The van der Waals surface area contributed by atoms with E-state index in [1.54, 1.807) is 0 Å². The predicted octanol–water partition coefficient (Wildman–Crippen LogP) is 1.05. The van der Waals surface area contributed by atoms with Crippen molar-refractivity contribution in [1.29, 1.82) is 0 Å². The zero-order valence-corrected chi connectivity index (χ0v) is 11.9. The van der Waals surface area contributed by atoms with E-state index in [4.69, 9.17) is 15.6 Å². The van der Waals surface area contributed by atoms with Crippen LogP contribution < -0.4 is 10.5 Å². The van der Waals surface area contributed by atoms with Crippen LogP contribution >= 0.6 is 0 Å². The summed E-state index contributed by atoms with van der Waals surface area (Å²) in [7, 11) is 0. The molecular formula is C15H20N4O2. The SMILES string of the molecule is Nc1ncnc2cc(OCCN(CCO)C3CC3)ccc12. The average molecular weight is 288 g/mol. The van der Waals surface area contributed by atoms with E-state index in [1.807, 2.05) is 18.2 Å². The van der Waals surface area contributed by atoms with Crippen LogP contribution in [0.25, 0.3) is 10.9 Å². The second kappa shape index (κ2) is 6.24. The number of rotatable bonds is 7. The third-order valence-electron chi connectivity index (χ3n) is 3.74. The molecule has 0 amide bonds. The van der Waals surface area contributed by atoms with Gasteiger partial charge in [0.1, 0.15) is 24.5 Å². The highest BCUT2D eigenvalue weighted by atomic mass is 16.5. The molecule has 6 nitrogen and oxygen atoms in total. The summed E-state index contributed by atoms with van der Waals surface area (Å²) in [6.07, 6.45) is 3.91. The van der Waals surface area contributed by atoms with E-state index in [1.165, 1.54) is 19.2 Å². The molecule has 0 bridgehead atoms. The highest BCUT2D eigenvalue weighted by Crippen LogP contribution is 2.26. The summed E-state index contributed by atoms with van der Waals surface area (Å²) in [6, 6.07) is 6.27. The Kier molecular flexibility index (Phi) is 4.17. The Hall–Kier alpha value is -1.92. The van der Waals surface area contributed by atoms with Gasteiger partial charge >= 0.3 is 0 Å². The first-order chi connectivity index (χ1) is 10.3. The number of fused-ring (bicyclic) bond motifs is 1. The van der Waals surface area contributed by atoms with Crippen LogP contribution in [0.1, 0.15) is 12.8 Å². The summed E-state index contributed by atoms with van der Waals surface area (Å²) in [5.41, 5.74) is 6.58. The largest absolute Gasteiger partial charge is 0.492 e. The van der Waals surface area contributed by atoms with Gasteiger partial charge in [-0.3, -0.25) is 4.90 Å². The van der Waals surface area contributed by atoms with Crippen molar-refractivity contribution in [2.24, 2.45) is 0 Å². The standard InChI is InChI=1S/C15H20N4O2/c16-15-13-4-3-12(9-14(13)17-10-18-15)21-8-6-19(5-7-20)11-1-2-11/h3-4,9-11,20H,1-2,5-8H2,(H2,16,17,18). The number of ether oxygens (including phenoxy) is 1. The van der Waals surface area contributed by atoms with Gasteiger partial charge in [-0.1, -0.05) is 0 Å². The molecule has 1 aliphatic carbocycles. The van der Waals surface area contributed by atoms with Crippen molar-refractivity contribution >= 4 is 16.7 Å². The summed E-state index contributed by atoms with van der Waals surface area (Å²) in [6.45, 7) is 2.34. The van der Waals surface area contributed by atoms with E-state index in [9.17, 15) is 0 Å². The molecule has 0 saturated heterocycles. The van der Waals surface area contributed by atoms with Crippen molar-refractivity contribution in [1.82, 2.24) is 14.9 Å². The maximum Gasteiger partial charge on any atom is 0.134 e. The highest BCUT2D eigenvalue weighted by Gasteiger charge is 2.28. The number of hydrogen-bond acceptors (Lipinski definition) is 6. The van der Waals surface area contributed by atoms with Gasteiger partial charge in [0.2, 0.25) is 0 Å². The van der Waals surface area contributed by atoms with E-state index >= 15 is 0 Å². The summed E-state index contributed by atoms with van der Waals surface area (Å²) < 4.78 is 5.78. The van der Waals surface area contributed by atoms with Gasteiger partial charge in [0.25, 0.3) is 0 Å². The molecule has 1 fully saturated rings. The van der Waals surface area contributed by atoms with Crippen LogP contribution in [0.4, 0.5) is 5.82 Å². The van der Waals surface area contributed by atoms with Crippen molar-refractivity contribution in [3.63, 3.8) is 0 Å². The predicted molar refractivity (Wildman–Crippen MR) is 81.1 cm³/mol. The van der Waals surface area contributed by atoms with Crippen molar-refractivity contribution in [3.05, 3.63) is 24.5 Å². The number of aliphatic hydroxyl groups is 1. The number of nitrogens with two attached hydrogens (primary N) is 1. The Labute approximate surface area is 123 Å². The lowest BCUT2D eigenvalue weighted by Crippen LogP contribution is -2.33. The average Bonchev–Trinajstić information content (AvgIpc) is 3.31. The number of nitrogens with zero attached hydrogens (tertiary/aromatic N) is 3. The zero-order valence-electron chi connectivity index (χ0n) is 11.9. The molecule has 0 atom stereocenters. The minimum atomic E-state index is 0.197. The second-order valence-corrected chi connectivity index (χ2v) is 5.28. The fourth-order valence-corrected chi connectivity index (χ4v) is 2.47. The van der Waals surface area contributed by atoms with Crippen LogP contribution in [0.2, 0.25) is 0 Å². The lowest BCUT2D eigenvalue weighted by molar-refractivity contribution is 0.162. The third-order valence-corrected chi connectivity index (χ3v) is 3.74. The number of benzene rings is 1. The Morgan fingerprint density at radius 1 is 1.29 bits per heavy atom. The van der Waals surface area contributed by atoms with Gasteiger partial charge in [0.15, 0.2) is 0 Å². The second-order valence-electron chi connectivity index (χ2n) is 5.28. The molecule has 2 aromatic rings. The van der Waals surface area contributed by atoms with E-state index in [0.29, 0.717) is 18.5 Å². The first-order valence-corrected chi connectivity index (χ1v) is 7.26. The molecule has 1 saturated carbocycles. The minimum absolute atomic E-state index is 0.197. The zero-order chi connectivity index (χ0) is 14.7. The fraction of sp³-hybridized carbons (Fsp3) is 0.467. The van der Waals surface area contributed by atoms with Gasteiger partial charge in [0.05, 0.1) is 12.1 Å². The Morgan fingerprint density at radius 2 is 2.14 bits per heavy atom. The lowest BCUT2D eigenvalue weighted by Gasteiger charge is -2.20. The van der Waals surface area contributed by atoms with Crippen LogP contribution in [0, 0.1) is 0 Å². The Balaban J connectivity index is 1.60. The first-order valence-electron chi connectivity index (χ1n) is 7.26. The first kappa shape index (κ1) is 14.0. The van der Waals surface area contributed by atoms with Crippen molar-refractivity contribution < 1.29 is 9.84 Å². The molecule has 3 N–H and O–H groups in total. The molecule has 1 heterocycles. The molecule has 1 aliphatic rings. The monoisotopic (exact) mass is 288 g/mol.